The van der Waals surface area contributed by atoms with Crippen LogP contribution in [0.1, 0.15) is 19.4 Å². The summed E-state index contributed by atoms with van der Waals surface area (Å²) in [4.78, 5) is 11.7. The third-order valence-corrected chi connectivity index (χ3v) is 3.09. The van der Waals surface area contributed by atoms with E-state index in [1.807, 2.05) is 50.2 Å². The lowest BCUT2D eigenvalue weighted by Gasteiger charge is -2.11. The predicted molar refractivity (Wildman–Crippen MR) is 85.3 cm³/mol. The number of carbonyl (C=O) groups excluding carboxylic acids is 1. The van der Waals surface area contributed by atoms with E-state index in [0.717, 1.165) is 16.9 Å². The summed E-state index contributed by atoms with van der Waals surface area (Å²) in [6, 6.07) is 14.7. The second-order valence-electron chi connectivity index (χ2n) is 5.24. The third-order valence-electron chi connectivity index (χ3n) is 3.09. The van der Waals surface area contributed by atoms with E-state index in [9.17, 15) is 9.90 Å². The van der Waals surface area contributed by atoms with E-state index in [1.54, 1.807) is 12.1 Å². The SMILES string of the molecule is CC(C)C(=O)Nc1cccc(NCc2ccc(O)cc2)c1. The number of aromatic hydroxyl groups is 1. The number of carbonyl (C=O) groups is 1. The van der Waals surface area contributed by atoms with Crippen molar-refractivity contribution in [1.29, 1.82) is 0 Å². The fraction of sp³-hybridized carbons (Fsp3) is 0.235. The van der Waals surface area contributed by atoms with Gasteiger partial charge in [-0.2, -0.15) is 0 Å². The smallest absolute Gasteiger partial charge is 0.226 e. The highest BCUT2D eigenvalue weighted by molar-refractivity contribution is 5.92. The van der Waals surface area contributed by atoms with Gasteiger partial charge in [0.05, 0.1) is 0 Å². The molecule has 0 radical (unpaired) electrons. The molecule has 0 aromatic heterocycles. The minimum absolute atomic E-state index is 0.00526. The lowest BCUT2D eigenvalue weighted by atomic mass is 10.2. The van der Waals surface area contributed by atoms with Gasteiger partial charge in [-0.05, 0) is 35.9 Å². The number of anilines is 2. The van der Waals surface area contributed by atoms with E-state index in [2.05, 4.69) is 10.6 Å². The topological polar surface area (TPSA) is 61.4 Å². The van der Waals surface area contributed by atoms with Crippen molar-refractivity contribution in [1.82, 2.24) is 0 Å². The second-order valence-corrected chi connectivity index (χ2v) is 5.24. The molecule has 110 valence electrons. The Hall–Kier alpha value is -2.49. The van der Waals surface area contributed by atoms with Gasteiger partial charge in [0.25, 0.3) is 0 Å². The molecule has 0 saturated carbocycles. The number of rotatable bonds is 5. The summed E-state index contributed by atoms with van der Waals surface area (Å²) in [5.74, 6) is 0.224. The van der Waals surface area contributed by atoms with Crippen molar-refractivity contribution in [3.8, 4) is 5.75 Å². The molecular formula is C17H20N2O2. The third kappa shape index (κ3) is 4.53. The van der Waals surface area contributed by atoms with Gasteiger partial charge in [-0.3, -0.25) is 4.79 Å². The van der Waals surface area contributed by atoms with E-state index in [0.29, 0.717) is 6.54 Å². The minimum atomic E-state index is -0.0430. The van der Waals surface area contributed by atoms with Gasteiger partial charge in [0.15, 0.2) is 0 Å². The molecule has 0 heterocycles. The summed E-state index contributed by atoms with van der Waals surface area (Å²) < 4.78 is 0. The van der Waals surface area contributed by atoms with Crippen LogP contribution in [0.2, 0.25) is 0 Å². The average Bonchev–Trinajstić information content (AvgIpc) is 2.47. The molecule has 0 bridgehead atoms. The Labute approximate surface area is 124 Å². The molecular weight excluding hydrogens is 264 g/mol. The lowest BCUT2D eigenvalue weighted by Crippen LogP contribution is -2.17. The van der Waals surface area contributed by atoms with Crippen molar-refractivity contribution in [3.05, 3.63) is 54.1 Å². The molecule has 1 amide bonds. The fourth-order valence-electron chi connectivity index (χ4n) is 1.81. The minimum Gasteiger partial charge on any atom is -0.508 e. The summed E-state index contributed by atoms with van der Waals surface area (Å²) in [7, 11) is 0. The van der Waals surface area contributed by atoms with Gasteiger partial charge in [0, 0.05) is 23.8 Å². The molecule has 21 heavy (non-hydrogen) atoms. The van der Waals surface area contributed by atoms with E-state index >= 15 is 0 Å². The maximum Gasteiger partial charge on any atom is 0.226 e. The number of hydrogen-bond acceptors (Lipinski definition) is 3. The maximum atomic E-state index is 11.7. The largest absolute Gasteiger partial charge is 0.508 e. The first-order valence-corrected chi connectivity index (χ1v) is 6.97. The quantitative estimate of drug-likeness (QED) is 0.786. The van der Waals surface area contributed by atoms with Crippen LogP contribution in [0.15, 0.2) is 48.5 Å². The number of benzene rings is 2. The molecule has 4 heteroatoms. The zero-order valence-electron chi connectivity index (χ0n) is 12.3. The molecule has 0 aliphatic heterocycles. The number of nitrogens with one attached hydrogen (secondary N) is 2. The Morgan fingerprint density at radius 3 is 2.43 bits per heavy atom. The van der Waals surface area contributed by atoms with Crippen LogP contribution < -0.4 is 10.6 Å². The number of amides is 1. The maximum absolute atomic E-state index is 11.7. The van der Waals surface area contributed by atoms with Crippen LogP contribution in [-0.2, 0) is 11.3 Å². The summed E-state index contributed by atoms with van der Waals surface area (Å²) in [6.45, 7) is 4.38. The molecule has 0 aliphatic rings. The Balaban J connectivity index is 1.97. The van der Waals surface area contributed by atoms with E-state index in [4.69, 9.17) is 0 Å². The van der Waals surface area contributed by atoms with Gasteiger partial charge in [-0.1, -0.05) is 32.0 Å². The van der Waals surface area contributed by atoms with Crippen LogP contribution in [0.5, 0.6) is 5.75 Å². The van der Waals surface area contributed by atoms with E-state index in [-0.39, 0.29) is 17.6 Å². The highest BCUT2D eigenvalue weighted by atomic mass is 16.3. The fourth-order valence-corrected chi connectivity index (χ4v) is 1.81. The van der Waals surface area contributed by atoms with E-state index in [1.165, 1.54) is 0 Å². The van der Waals surface area contributed by atoms with Crippen molar-refractivity contribution in [2.75, 3.05) is 10.6 Å². The van der Waals surface area contributed by atoms with Crippen molar-refractivity contribution in [3.63, 3.8) is 0 Å². The van der Waals surface area contributed by atoms with Crippen LogP contribution in [0, 0.1) is 5.92 Å². The van der Waals surface area contributed by atoms with E-state index < -0.39 is 0 Å². The zero-order chi connectivity index (χ0) is 15.2. The molecule has 0 atom stereocenters. The van der Waals surface area contributed by atoms with Gasteiger partial charge in [-0.25, -0.2) is 0 Å². The van der Waals surface area contributed by atoms with Gasteiger partial charge in [0.2, 0.25) is 5.91 Å². The molecule has 2 aromatic carbocycles. The van der Waals surface area contributed by atoms with Gasteiger partial charge < -0.3 is 15.7 Å². The van der Waals surface area contributed by atoms with Crippen LogP contribution >= 0.6 is 0 Å². The molecule has 0 fully saturated rings. The van der Waals surface area contributed by atoms with Gasteiger partial charge in [0.1, 0.15) is 5.75 Å². The molecule has 0 aliphatic carbocycles. The first kappa shape index (κ1) is 14.9. The van der Waals surface area contributed by atoms with Crippen LogP contribution in [0.25, 0.3) is 0 Å². The first-order chi connectivity index (χ1) is 10.0. The Bertz CT molecular complexity index is 606. The monoisotopic (exact) mass is 284 g/mol. The molecule has 2 aromatic rings. The van der Waals surface area contributed by atoms with Crippen LogP contribution in [0.4, 0.5) is 11.4 Å². The zero-order valence-corrected chi connectivity index (χ0v) is 12.3. The molecule has 3 N–H and O–H groups in total. The van der Waals surface area contributed by atoms with Crippen molar-refractivity contribution in [2.45, 2.75) is 20.4 Å². The Morgan fingerprint density at radius 2 is 1.76 bits per heavy atom. The molecule has 0 spiro atoms. The van der Waals surface area contributed by atoms with Crippen LogP contribution in [0.3, 0.4) is 0 Å². The van der Waals surface area contributed by atoms with Crippen LogP contribution in [-0.4, -0.2) is 11.0 Å². The van der Waals surface area contributed by atoms with Crippen molar-refractivity contribution >= 4 is 17.3 Å². The Kier molecular flexibility index (Phi) is 4.82. The summed E-state index contributed by atoms with van der Waals surface area (Å²) in [5.41, 5.74) is 2.79. The van der Waals surface area contributed by atoms with Crippen molar-refractivity contribution < 1.29 is 9.90 Å². The lowest BCUT2D eigenvalue weighted by molar-refractivity contribution is -0.118. The number of hydrogen-bond donors (Lipinski definition) is 3. The van der Waals surface area contributed by atoms with Gasteiger partial charge >= 0.3 is 0 Å². The average molecular weight is 284 g/mol. The summed E-state index contributed by atoms with van der Waals surface area (Å²) in [5, 5.41) is 15.4. The first-order valence-electron chi connectivity index (χ1n) is 6.97. The normalized spacial score (nSPS) is 10.4. The highest BCUT2D eigenvalue weighted by Crippen LogP contribution is 2.17. The second kappa shape index (κ2) is 6.79. The molecule has 0 unspecified atom stereocenters. The number of phenolic OH excluding ortho intramolecular Hbond substituents is 1. The highest BCUT2D eigenvalue weighted by Gasteiger charge is 2.07. The molecule has 0 saturated heterocycles. The van der Waals surface area contributed by atoms with Crippen molar-refractivity contribution in [2.24, 2.45) is 5.92 Å². The molecule has 4 nitrogen and oxygen atoms in total. The summed E-state index contributed by atoms with van der Waals surface area (Å²) in [6.07, 6.45) is 0. The molecule has 2 rings (SSSR count). The Morgan fingerprint density at radius 1 is 1.10 bits per heavy atom. The van der Waals surface area contributed by atoms with Gasteiger partial charge in [-0.15, -0.1) is 0 Å². The standard InChI is InChI=1S/C17H20N2O2/c1-12(2)17(21)19-15-5-3-4-14(10-15)18-11-13-6-8-16(20)9-7-13/h3-10,12,18,20H,11H2,1-2H3,(H,19,21). The summed E-state index contributed by atoms with van der Waals surface area (Å²) >= 11 is 0. The number of phenols is 1. The predicted octanol–water partition coefficient (Wildman–Crippen LogP) is 3.60.